The maximum absolute atomic E-state index is 14.4. The van der Waals surface area contributed by atoms with Crippen LogP contribution < -0.4 is 10.6 Å². The molecule has 4 aliphatic rings. The van der Waals surface area contributed by atoms with Gasteiger partial charge >= 0.3 is 0 Å². The van der Waals surface area contributed by atoms with Crippen molar-refractivity contribution in [3.05, 3.63) is 28.5 Å². The topological polar surface area (TPSA) is 121 Å². The molecule has 0 unspecified atom stereocenters. The van der Waals surface area contributed by atoms with Crippen molar-refractivity contribution in [3.8, 4) is 10.4 Å². The van der Waals surface area contributed by atoms with E-state index in [-0.39, 0.29) is 67.8 Å². The van der Waals surface area contributed by atoms with E-state index in [1.165, 1.54) is 12.3 Å². The molecule has 216 valence electrons. The molecule has 0 spiro atoms. The van der Waals surface area contributed by atoms with Gasteiger partial charge in [-0.25, -0.2) is 27.2 Å². The van der Waals surface area contributed by atoms with Gasteiger partial charge in [0.15, 0.2) is 5.01 Å². The van der Waals surface area contributed by atoms with Crippen LogP contribution in [-0.2, 0) is 9.84 Å². The minimum Gasteiger partial charge on any atom is -0.365 e. The fraction of sp³-hybridized carbons (Fsp3) is 0.630. The number of hydrogen-bond donors (Lipinski definition) is 2. The van der Waals surface area contributed by atoms with Crippen LogP contribution in [0.5, 0.6) is 0 Å². The lowest BCUT2D eigenvalue weighted by atomic mass is 9.78. The maximum Gasteiger partial charge on any atom is 0.280 e. The largest absolute Gasteiger partial charge is 0.365 e. The van der Waals surface area contributed by atoms with Crippen LogP contribution in [0.25, 0.3) is 10.4 Å². The van der Waals surface area contributed by atoms with Gasteiger partial charge in [0, 0.05) is 41.0 Å². The number of alkyl halides is 2. The van der Waals surface area contributed by atoms with Crippen LogP contribution in [0.3, 0.4) is 0 Å². The molecule has 4 fully saturated rings. The van der Waals surface area contributed by atoms with Gasteiger partial charge < -0.3 is 15.5 Å². The van der Waals surface area contributed by atoms with Gasteiger partial charge in [0.1, 0.15) is 21.3 Å². The number of amides is 2. The Kier molecular flexibility index (Phi) is 7.09. The van der Waals surface area contributed by atoms with Gasteiger partial charge in [0.05, 0.1) is 16.4 Å². The summed E-state index contributed by atoms with van der Waals surface area (Å²) in [5.41, 5.74) is -0.366. The highest BCUT2D eigenvalue weighted by molar-refractivity contribution is 7.91. The molecule has 13 heteroatoms. The van der Waals surface area contributed by atoms with Gasteiger partial charge in [-0.2, -0.15) is 0 Å². The standard InChI is InChI=1S/C27H33F2N5O4S2/c1-27(9-2-10-27)33-20-13-18(23(28)29)19(14-30-20)22-21(26(36)34-16-3-4-17(34)6-5-16)32-25(39-22)24(35)31-15-7-11-40(37,38)12-8-15/h13-17,23H,2-12H2,1H3,(H,30,33)(H,31,35)/t16-,17+. The highest BCUT2D eigenvalue weighted by Gasteiger charge is 2.44. The lowest BCUT2D eigenvalue weighted by Crippen LogP contribution is -2.41. The molecule has 2 amide bonds. The number of sulfone groups is 1. The molecule has 2 aromatic rings. The van der Waals surface area contributed by atoms with Crippen molar-refractivity contribution in [3.63, 3.8) is 0 Å². The molecule has 3 aliphatic heterocycles. The van der Waals surface area contributed by atoms with E-state index < -0.39 is 22.2 Å². The van der Waals surface area contributed by atoms with Gasteiger partial charge in [-0.15, -0.1) is 11.3 Å². The van der Waals surface area contributed by atoms with E-state index in [1.54, 1.807) is 0 Å². The zero-order chi connectivity index (χ0) is 28.2. The van der Waals surface area contributed by atoms with Crippen molar-refractivity contribution in [2.24, 2.45) is 0 Å². The summed E-state index contributed by atoms with van der Waals surface area (Å²) in [6.45, 7) is 2.03. The second kappa shape index (κ2) is 10.3. The first kappa shape index (κ1) is 27.5. The number of carbonyl (C=O) groups is 2. The summed E-state index contributed by atoms with van der Waals surface area (Å²) >= 11 is 0.903. The van der Waals surface area contributed by atoms with E-state index in [1.807, 2.05) is 11.8 Å². The zero-order valence-electron chi connectivity index (χ0n) is 22.3. The first-order valence-electron chi connectivity index (χ1n) is 13.9. The molecule has 2 bridgehead atoms. The first-order valence-corrected chi connectivity index (χ1v) is 16.6. The monoisotopic (exact) mass is 593 g/mol. The van der Waals surface area contributed by atoms with Crippen molar-refractivity contribution >= 4 is 38.8 Å². The Hall–Kier alpha value is -2.67. The van der Waals surface area contributed by atoms with E-state index in [2.05, 4.69) is 20.6 Å². The van der Waals surface area contributed by atoms with Crippen LogP contribution in [0.15, 0.2) is 12.3 Å². The molecule has 0 radical (unpaired) electrons. The van der Waals surface area contributed by atoms with Gasteiger partial charge in [-0.3, -0.25) is 9.59 Å². The highest BCUT2D eigenvalue weighted by atomic mass is 32.2. The number of anilines is 1. The number of pyridine rings is 1. The number of thiazole rings is 1. The minimum absolute atomic E-state index is 0.00413. The van der Waals surface area contributed by atoms with Gasteiger partial charge in [-0.1, -0.05) is 0 Å². The first-order chi connectivity index (χ1) is 19.0. The number of halogens is 2. The van der Waals surface area contributed by atoms with Crippen molar-refractivity contribution in [2.75, 3.05) is 16.8 Å². The van der Waals surface area contributed by atoms with E-state index >= 15 is 0 Å². The Morgan fingerprint density at radius 2 is 1.75 bits per heavy atom. The lowest BCUT2D eigenvalue weighted by Gasteiger charge is -2.39. The maximum atomic E-state index is 14.4. The Labute approximate surface area is 236 Å². The average Bonchev–Trinajstić information content (AvgIpc) is 3.63. The number of fused-ring (bicyclic) bond motifs is 2. The van der Waals surface area contributed by atoms with E-state index in [9.17, 15) is 26.8 Å². The molecule has 2 N–H and O–H groups in total. The molecule has 0 atom stereocenters. The normalized spacial score (nSPS) is 25.1. The summed E-state index contributed by atoms with van der Waals surface area (Å²) in [6, 6.07) is 1.18. The lowest BCUT2D eigenvalue weighted by molar-refractivity contribution is 0.0725. The molecular weight excluding hydrogens is 560 g/mol. The number of nitrogens with zero attached hydrogens (tertiary/aromatic N) is 3. The number of carbonyl (C=O) groups excluding carboxylic acids is 2. The van der Waals surface area contributed by atoms with Crippen molar-refractivity contribution in [1.29, 1.82) is 0 Å². The minimum atomic E-state index is -3.10. The van der Waals surface area contributed by atoms with Gasteiger partial charge in [0.25, 0.3) is 18.2 Å². The molecule has 2 aromatic heterocycles. The number of aromatic nitrogens is 2. The third-order valence-corrected chi connectivity index (χ3v) is 11.7. The van der Waals surface area contributed by atoms with E-state index in [0.717, 1.165) is 56.3 Å². The van der Waals surface area contributed by atoms with Gasteiger partial charge in [-0.05, 0) is 70.8 Å². The molecule has 5 heterocycles. The quantitative estimate of drug-likeness (QED) is 0.482. The third kappa shape index (κ3) is 5.22. The highest BCUT2D eigenvalue weighted by Crippen LogP contribution is 2.43. The summed E-state index contributed by atoms with van der Waals surface area (Å²) in [5.74, 6) is -0.553. The van der Waals surface area contributed by atoms with Crippen LogP contribution in [0, 0.1) is 0 Å². The van der Waals surface area contributed by atoms with Crippen molar-refractivity contribution in [2.45, 2.75) is 94.8 Å². The van der Waals surface area contributed by atoms with Crippen molar-refractivity contribution < 1.29 is 26.8 Å². The number of rotatable bonds is 7. The molecule has 6 rings (SSSR count). The summed E-state index contributed by atoms with van der Waals surface area (Å²) in [5, 5.41) is 6.09. The second-order valence-electron chi connectivity index (χ2n) is 11.8. The average molecular weight is 594 g/mol. The smallest absolute Gasteiger partial charge is 0.280 e. The van der Waals surface area contributed by atoms with E-state index in [4.69, 9.17) is 0 Å². The molecule has 1 aliphatic carbocycles. The van der Waals surface area contributed by atoms with Crippen molar-refractivity contribution in [1.82, 2.24) is 20.2 Å². The predicted octanol–water partition coefficient (Wildman–Crippen LogP) is 4.57. The fourth-order valence-electron chi connectivity index (χ4n) is 6.44. The van der Waals surface area contributed by atoms with Crippen LogP contribution >= 0.6 is 11.3 Å². The number of hydrogen-bond acceptors (Lipinski definition) is 8. The van der Waals surface area contributed by atoms with Crippen LogP contribution in [0.2, 0.25) is 0 Å². The summed E-state index contributed by atoms with van der Waals surface area (Å²) in [4.78, 5) is 37.9. The Balaban J connectivity index is 1.35. The molecule has 40 heavy (non-hydrogen) atoms. The Morgan fingerprint density at radius 3 is 2.33 bits per heavy atom. The van der Waals surface area contributed by atoms with Gasteiger partial charge in [0.2, 0.25) is 0 Å². The molecule has 3 saturated heterocycles. The number of nitrogens with one attached hydrogen (secondary N) is 2. The van der Waals surface area contributed by atoms with E-state index in [0.29, 0.717) is 18.7 Å². The Bertz CT molecular complexity index is 1410. The molecule has 9 nitrogen and oxygen atoms in total. The fourth-order valence-corrected chi connectivity index (χ4v) is 8.93. The van der Waals surface area contributed by atoms with Crippen LogP contribution in [0.4, 0.5) is 14.6 Å². The Morgan fingerprint density at radius 1 is 1.10 bits per heavy atom. The zero-order valence-corrected chi connectivity index (χ0v) is 23.9. The predicted molar refractivity (Wildman–Crippen MR) is 148 cm³/mol. The molecule has 1 saturated carbocycles. The summed E-state index contributed by atoms with van der Waals surface area (Å²) < 4.78 is 52.4. The van der Waals surface area contributed by atoms with Crippen LogP contribution in [-0.4, -0.2) is 70.3 Å². The second-order valence-corrected chi connectivity index (χ2v) is 15.1. The molecule has 0 aromatic carbocycles. The van der Waals surface area contributed by atoms with Crippen LogP contribution in [0.1, 0.15) is 97.0 Å². The summed E-state index contributed by atoms with van der Waals surface area (Å²) in [6.07, 6.45) is 5.63. The SMILES string of the molecule is CC1(Nc2cc(C(F)F)c(-c3sc(C(=O)NC4CCS(=O)(=O)CC4)nc3C(=O)N3[C@H]4CC[C@@H]3CC4)cn2)CCC1. The summed E-state index contributed by atoms with van der Waals surface area (Å²) in [7, 11) is -3.10. The molecular formula is C27H33F2N5O4S2. The third-order valence-electron chi connectivity index (χ3n) is 8.90.